The number of thiophene rings is 1. The summed E-state index contributed by atoms with van der Waals surface area (Å²) < 4.78 is 6.42. The first-order valence-electron chi connectivity index (χ1n) is 6.58. The first kappa shape index (κ1) is 14.8. The van der Waals surface area contributed by atoms with Crippen LogP contribution in [-0.2, 0) is 4.74 Å². The van der Waals surface area contributed by atoms with Crippen LogP contribution < -0.4 is 10.9 Å². The van der Waals surface area contributed by atoms with E-state index in [0.29, 0.717) is 0 Å². The van der Waals surface area contributed by atoms with Crippen molar-refractivity contribution in [2.24, 2.45) is 0 Å². The second-order valence-corrected chi connectivity index (χ2v) is 6.79. The van der Waals surface area contributed by atoms with Crippen molar-refractivity contribution in [3.8, 4) is 0 Å². The van der Waals surface area contributed by atoms with E-state index in [1.165, 1.54) is 15.0 Å². The molecule has 4 nitrogen and oxygen atoms in total. The highest BCUT2D eigenvalue weighted by molar-refractivity contribution is 7.19. The maximum atomic E-state index is 11.6. The van der Waals surface area contributed by atoms with Gasteiger partial charge in [-0.25, -0.2) is 10.2 Å². The van der Waals surface area contributed by atoms with Gasteiger partial charge in [0.15, 0.2) is 0 Å². The zero-order valence-electron chi connectivity index (χ0n) is 12.2. The number of hydrazine groups is 1. The highest BCUT2D eigenvalue weighted by Gasteiger charge is 2.17. The van der Waals surface area contributed by atoms with Gasteiger partial charge in [-0.3, -0.25) is 5.43 Å². The van der Waals surface area contributed by atoms with Crippen LogP contribution in [0, 0.1) is 0 Å². The number of hydrogen-bond acceptors (Lipinski definition) is 4. The Morgan fingerprint density at radius 1 is 1.30 bits per heavy atom. The number of hydrogen-bond donors (Lipinski definition) is 2. The molecule has 0 aliphatic carbocycles. The fourth-order valence-corrected chi connectivity index (χ4v) is 2.82. The molecule has 0 saturated carbocycles. The van der Waals surface area contributed by atoms with Gasteiger partial charge in [0.2, 0.25) is 0 Å². The molecule has 20 heavy (non-hydrogen) atoms. The van der Waals surface area contributed by atoms with Crippen LogP contribution >= 0.6 is 11.3 Å². The number of fused-ring (bicyclic) bond motifs is 1. The molecule has 2 aromatic rings. The van der Waals surface area contributed by atoms with Crippen molar-refractivity contribution in [3.05, 3.63) is 35.2 Å². The number of carbonyl (C=O) groups excluding carboxylic acids is 1. The molecule has 1 unspecified atom stereocenters. The van der Waals surface area contributed by atoms with Gasteiger partial charge in [0.1, 0.15) is 5.60 Å². The Balaban J connectivity index is 1.95. The summed E-state index contributed by atoms with van der Waals surface area (Å²) in [5, 5.41) is 1.22. The van der Waals surface area contributed by atoms with E-state index in [1.54, 1.807) is 11.3 Å². The van der Waals surface area contributed by atoms with Crippen LogP contribution in [0.1, 0.15) is 38.6 Å². The van der Waals surface area contributed by atoms with Gasteiger partial charge in [0, 0.05) is 9.58 Å². The summed E-state index contributed by atoms with van der Waals surface area (Å²) in [6, 6.07) is 10.4. The van der Waals surface area contributed by atoms with E-state index in [0.717, 1.165) is 0 Å². The Bertz CT molecular complexity index is 568. The Hall–Kier alpha value is -1.59. The Morgan fingerprint density at radius 2 is 2.00 bits per heavy atom. The van der Waals surface area contributed by atoms with Crippen LogP contribution in [0.25, 0.3) is 10.1 Å². The summed E-state index contributed by atoms with van der Waals surface area (Å²) in [6.07, 6.45) is -0.467. The second kappa shape index (κ2) is 5.81. The topological polar surface area (TPSA) is 50.4 Å². The molecule has 0 spiro atoms. The van der Waals surface area contributed by atoms with Gasteiger partial charge in [-0.15, -0.1) is 11.3 Å². The summed E-state index contributed by atoms with van der Waals surface area (Å²) in [5.74, 6) is 0. The van der Waals surface area contributed by atoms with Gasteiger partial charge in [-0.1, -0.05) is 18.2 Å². The van der Waals surface area contributed by atoms with E-state index in [-0.39, 0.29) is 6.04 Å². The molecule has 1 heterocycles. The predicted molar refractivity (Wildman–Crippen MR) is 82.7 cm³/mol. The second-order valence-electron chi connectivity index (χ2n) is 5.68. The monoisotopic (exact) mass is 292 g/mol. The predicted octanol–water partition coefficient (Wildman–Crippen LogP) is 3.99. The van der Waals surface area contributed by atoms with Crippen molar-refractivity contribution >= 4 is 27.5 Å². The molecule has 0 saturated heterocycles. The Kier molecular flexibility index (Phi) is 4.30. The maximum Gasteiger partial charge on any atom is 0.422 e. The van der Waals surface area contributed by atoms with Crippen molar-refractivity contribution < 1.29 is 9.53 Å². The van der Waals surface area contributed by atoms with Crippen LogP contribution in [0.3, 0.4) is 0 Å². The van der Waals surface area contributed by atoms with Crippen LogP contribution in [0.15, 0.2) is 30.3 Å². The van der Waals surface area contributed by atoms with E-state index in [1.807, 2.05) is 39.8 Å². The lowest BCUT2D eigenvalue weighted by atomic mass is 10.2. The highest BCUT2D eigenvalue weighted by Crippen LogP contribution is 2.29. The van der Waals surface area contributed by atoms with Crippen molar-refractivity contribution in [1.82, 2.24) is 10.9 Å². The van der Waals surface area contributed by atoms with E-state index in [9.17, 15) is 4.79 Å². The summed E-state index contributed by atoms with van der Waals surface area (Å²) in [6.45, 7) is 7.51. The molecule has 0 aliphatic rings. The van der Waals surface area contributed by atoms with Crippen LogP contribution in [0.4, 0.5) is 4.79 Å². The maximum absolute atomic E-state index is 11.6. The summed E-state index contributed by atoms with van der Waals surface area (Å²) in [4.78, 5) is 12.7. The molecule has 0 radical (unpaired) electrons. The number of nitrogens with one attached hydrogen (secondary N) is 2. The zero-order valence-corrected chi connectivity index (χ0v) is 13.0. The number of rotatable bonds is 3. The number of benzene rings is 1. The molecular formula is C15H20N2O2S. The summed E-state index contributed by atoms with van der Waals surface area (Å²) in [7, 11) is 0. The average Bonchev–Trinajstić information content (AvgIpc) is 2.77. The average molecular weight is 292 g/mol. The SMILES string of the molecule is CC(NNC(=O)OC(C)(C)C)c1cc2ccccc2s1. The van der Waals surface area contributed by atoms with E-state index < -0.39 is 11.7 Å². The Labute approximate surface area is 123 Å². The van der Waals surface area contributed by atoms with E-state index in [4.69, 9.17) is 4.74 Å². The molecule has 1 atom stereocenters. The third-order valence-electron chi connectivity index (χ3n) is 2.66. The largest absolute Gasteiger partial charge is 0.443 e. The lowest BCUT2D eigenvalue weighted by Crippen LogP contribution is -2.42. The molecule has 2 N–H and O–H groups in total. The third-order valence-corrected chi connectivity index (χ3v) is 3.96. The van der Waals surface area contributed by atoms with Crippen molar-refractivity contribution in [2.45, 2.75) is 39.3 Å². The first-order valence-corrected chi connectivity index (χ1v) is 7.40. The van der Waals surface area contributed by atoms with Crippen molar-refractivity contribution in [3.63, 3.8) is 0 Å². The minimum absolute atomic E-state index is 0.0277. The van der Waals surface area contributed by atoms with Gasteiger partial charge in [0.05, 0.1) is 6.04 Å². The number of ether oxygens (including phenoxy) is 1. The molecule has 1 amide bonds. The van der Waals surface area contributed by atoms with Gasteiger partial charge in [-0.05, 0) is 45.2 Å². The molecule has 5 heteroatoms. The first-order chi connectivity index (χ1) is 9.35. The normalized spacial score (nSPS) is 13.2. The fraction of sp³-hybridized carbons (Fsp3) is 0.400. The molecule has 108 valence electrons. The minimum Gasteiger partial charge on any atom is -0.443 e. The van der Waals surface area contributed by atoms with E-state index in [2.05, 4.69) is 29.1 Å². The molecule has 2 rings (SSSR count). The van der Waals surface area contributed by atoms with Crippen LogP contribution in [0.2, 0.25) is 0 Å². The van der Waals surface area contributed by atoms with Gasteiger partial charge < -0.3 is 4.74 Å². The number of carbonyl (C=O) groups is 1. The smallest absolute Gasteiger partial charge is 0.422 e. The fourth-order valence-electron chi connectivity index (χ4n) is 1.76. The van der Waals surface area contributed by atoms with Gasteiger partial charge in [-0.2, -0.15) is 0 Å². The standard InChI is InChI=1S/C15H20N2O2S/c1-10(16-17-14(18)19-15(2,3)4)13-9-11-7-5-6-8-12(11)20-13/h5-10,16H,1-4H3,(H,17,18). The molecule has 0 fully saturated rings. The van der Waals surface area contributed by atoms with Crippen molar-refractivity contribution in [1.29, 1.82) is 0 Å². The molecule has 0 bridgehead atoms. The molecule has 0 aliphatic heterocycles. The molecule has 1 aromatic carbocycles. The summed E-state index contributed by atoms with van der Waals surface area (Å²) in [5.41, 5.74) is 5.05. The quantitative estimate of drug-likeness (QED) is 0.841. The zero-order chi connectivity index (χ0) is 14.8. The highest BCUT2D eigenvalue weighted by atomic mass is 32.1. The number of amides is 1. The lowest BCUT2D eigenvalue weighted by Gasteiger charge is -2.21. The van der Waals surface area contributed by atoms with Crippen LogP contribution in [-0.4, -0.2) is 11.7 Å². The van der Waals surface area contributed by atoms with E-state index >= 15 is 0 Å². The van der Waals surface area contributed by atoms with Crippen molar-refractivity contribution in [2.75, 3.05) is 0 Å². The van der Waals surface area contributed by atoms with Gasteiger partial charge >= 0.3 is 6.09 Å². The molecule has 1 aromatic heterocycles. The van der Waals surface area contributed by atoms with Crippen LogP contribution in [0.5, 0.6) is 0 Å². The minimum atomic E-state index is -0.493. The molecular weight excluding hydrogens is 272 g/mol. The Morgan fingerprint density at radius 3 is 2.65 bits per heavy atom. The van der Waals surface area contributed by atoms with Gasteiger partial charge in [0.25, 0.3) is 0 Å². The lowest BCUT2D eigenvalue weighted by molar-refractivity contribution is 0.0490. The third kappa shape index (κ3) is 3.95. The summed E-state index contributed by atoms with van der Waals surface area (Å²) >= 11 is 1.72.